The van der Waals surface area contributed by atoms with Gasteiger partial charge in [-0.2, -0.15) is 10.1 Å². The van der Waals surface area contributed by atoms with Gasteiger partial charge in [0.2, 0.25) is 5.95 Å². The monoisotopic (exact) mass is 357 g/mol. The molecule has 0 unspecified atom stereocenters. The Morgan fingerprint density at radius 3 is 2.65 bits per heavy atom. The van der Waals surface area contributed by atoms with Crippen LogP contribution in [0.15, 0.2) is 24.4 Å². The molecule has 0 radical (unpaired) electrons. The van der Waals surface area contributed by atoms with Crippen molar-refractivity contribution in [1.82, 2.24) is 15.2 Å². The van der Waals surface area contributed by atoms with E-state index in [-0.39, 0.29) is 0 Å². The molecular weight excluding hydrogens is 330 g/mol. The molecule has 2 aromatic rings. The third kappa shape index (κ3) is 4.97. The van der Waals surface area contributed by atoms with E-state index in [4.69, 9.17) is 9.47 Å². The number of benzene rings is 1. The zero-order chi connectivity index (χ0) is 18.2. The Bertz CT molecular complexity index is 704. The van der Waals surface area contributed by atoms with E-state index >= 15 is 0 Å². The minimum absolute atomic E-state index is 0.465. The lowest BCUT2D eigenvalue weighted by atomic mass is 9.96. The van der Waals surface area contributed by atoms with Gasteiger partial charge in [0.1, 0.15) is 0 Å². The zero-order valence-electron chi connectivity index (χ0n) is 15.5. The number of ether oxygens (including phenoxy) is 2. The summed E-state index contributed by atoms with van der Waals surface area (Å²) in [5, 5.41) is 14.9. The molecule has 1 aliphatic rings. The van der Waals surface area contributed by atoms with Gasteiger partial charge in [0.25, 0.3) is 0 Å². The number of methoxy groups -OCH3 is 2. The zero-order valence-corrected chi connectivity index (χ0v) is 15.5. The number of aromatic nitrogens is 3. The van der Waals surface area contributed by atoms with Gasteiger partial charge in [-0.05, 0) is 37.0 Å². The molecule has 0 aliphatic heterocycles. The molecule has 1 aliphatic carbocycles. The van der Waals surface area contributed by atoms with Gasteiger partial charge in [0, 0.05) is 12.6 Å². The molecule has 0 bridgehead atoms. The lowest BCUT2D eigenvalue weighted by molar-refractivity contribution is 0.354. The van der Waals surface area contributed by atoms with Crippen LogP contribution in [0.1, 0.15) is 37.7 Å². The van der Waals surface area contributed by atoms with Crippen LogP contribution < -0.4 is 20.1 Å². The summed E-state index contributed by atoms with van der Waals surface area (Å²) in [5.41, 5.74) is 1.16. The van der Waals surface area contributed by atoms with Crippen LogP contribution in [0.2, 0.25) is 0 Å². The molecule has 140 valence electrons. The Labute approximate surface area is 154 Å². The standard InChI is InChI=1S/C19H27N5O2/c1-25-16-9-8-14(12-17(16)26-2)10-11-20-18-13-21-24-19(23-18)22-15-6-4-3-5-7-15/h8-9,12-13,15H,3-7,10-11H2,1-2H3,(H2,20,22,23,24). The maximum atomic E-state index is 5.35. The molecule has 7 nitrogen and oxygen atoms in total. The van der Waals surface area contributed by atoms with E-state index in [2.05, 4.69) is 25.8 Å². The molecule has 1 fully saturated rings. The van der Waals surface area contributed by atoms with Crippen molar-refractivity contribution in [2.24, 2.45) is 0 Å². The van der Waals surface area contributed by atoms with Gasteiger partial charge in [-0.25, -0.2) is 0 Å². The van der Waals surface area contributed by atoms with Crippen molar-refractivity contribution < 1.29 is 9.47 Å². The second kappa shape index (κ2) is 9.22. The number of nitrogens with one attached hydrogen (secondary N) is 2. The van der Waals surface area contributed by atoms with E-state index < -0.39 is 0 Å². The summed E-state index contributed by atoms with van der Waals surface area (Å²) in [6.07, 6.45) is 8.73. The maximum Gasteiger partial charge on any atom is 0.244 e. The van der Waals surface area contributed by atoms with E-state index in [9.17, 15) is 0 Å². The third-order valence-corrected chi connectivity index (χ3v) is 4.66. The predicted octanol–water partition coefficient (Wildman–Crippen LogP) is 3.29. The summed E-state index contributed by atoms with van der Waals surface area (Å²) >= 11 is 0. The van der Waals surface area contributed by atoms with Crippen molar-refractivity contribution in [2.45, 2.75) is 44.6 Å². The van der Waals surface area contributed by atoms with E-state index in [0.717, 1.165) is 35.8 Å². The molecule has 1 heterocycles. The van der Waals surface area contributed by atoms with Crippen molar-refractivity contribution in [3.05, 3.63) is 30.0 Å². The Morgan fingerprint density at radius 1 is 1.08 bits per heavy atom. The minimum atomic E-state index is 0.465. The van der Waals surface area contributed by atoms with Crippen LogP contribution in [0.4, 0.5) is 11.8 Å². The summed E-state index contributed by atoms with van der Waals surface area (Å²) in [6.45, 7) is 0.747. The topological polar surface area (TPSA) is 81.2 Å². The number of nitrogens with zero attached hydrogens (tertiary/aromatic N) is 3. The van der Waals surface area contributed by atoms with E-state index in [0.29, 0.717) is 12.0 Å². The molecule has 1 saturated carbocycles. The Morgan fingerprint density at radius 2 is 1.88 bits per heavy atom. The van der Waals surface area contributed by atoms with E-state index in [1.54, 1.807) is 20.4 Å². The Hall–Kier alpha value is -2.57. The van der Waals surface area contributed by atoms with Gasteiger partial charge >= 0.3 is 0 Å². The minimum Gasteiger partial charge on any atom is -0.493 e. The molecule has 0 amide bonds. The highest BCUT2D eigenvalue weighted by Crippen LogP contribution is 2.27. The van der Waals surface area contributed by atoms with Crippen molar-refractivity contribution in [1.29, 1.82) is 0 Å². The summed E-state index contributed by atoms with van der Waals surface area (Å²) in [5.74, 6) is 2.82. The normalized spacial score (nSPS) is 14.7. The third-order valence-electron chi connectivity index (χ3n) is 4.66. The summed E-state index contributed by atoms with van der Waals surface area (Å²) in [7, 11) is 3.29. The molecule has 26 heavy (non-hydrogen) atoms. The summed E-state index contributed by atoms with van der Waals surface area (Å²) in [4.78, 5) is 4.52. The fourth-order valence-corrected chi connectivity index (χ4v) is 3.25. The van der Waals surface area contributed by atoms with Gasteiger partial charge in [-0.3, -0.25) is 0 Å². The first-order valence-electron chi connectivity index (χ1n) is 9.19. The van der Waals surface area contributed by atoms with Gasteiger partial charge < -0.3 is 20.1 Å². The largest absolute Gasteiger partial charge is 0.493 e. The van der Waals surface area contributed by atoms with Crippen molar-refractivity contribution >= 4 is 11.8 Å². The van der Waals surface area contributed by atoms with Crippen LogP contribution in [0.5, 0.6) is 11.5 Å². The first-order valence-corrected chi connectivity index (χ1v) is 9.19. The van der Waals surface area contributed by atoms with Gasteiger partial charge in [0.05, 0.1) is 20.4 Å². The molecular formula is C19H27N5O2. The molecule has 0 atom stereocenters. The molecule has 2 N–H and O–H groups in total. The predicted molar refractivity (Wildman–Crippen MR) is 102 cm³/mol. The molecule has 0 saturated heterocycles. The summed E-state index contributed by atoms with van der Waals surface area (Å²) in [6, 6.07) is 6.42. The van der Waals surface area contributed by atoms with Crippen LogP contribution in [0.3, 0.4) is 0 Å². The molecule has 1 aromatic heterocycles. The van der Waals surface area contributed by atoms with Crippen LogP contribution in [-0.4, -0.2) is 42.0 Å². The van der Waals surface area contributed by atoms with Crippen LogP contribution in [0, 0.1) is 0 Å². The highest BCUT2D eigenvalue weighted by molar-refractivity contribution is 5.43. The van der Waals surface area contributed by atoms with Gasteiger partial charge in [-0.15, -0.1) is 5.10 Å². The highest BCUT2D eigenvalue weighted by Gasteiger charge is 2.14. The van der Waals surface area contributed by atoms with Crippen molar-refractivity contribution in [3.63, 3.8) is 0 Å². The smallest absolute Gasteiger partial charge is 0.244 e. The molecule has 0 spiro atoms. The second-order valence-electron chi connectivity index (χ2n) is 6.51. The SMILES string of the molecule is COc1ccc(CCNc2cnnc(NC3CCCCC3)n2)cc1OC. The molecule has 3 rings (SSSR count). The van der Waals surface area contributed by atoms with Gasteiger partial charge in [-0.1, -0.05) is 25.3 Å². The summed E-state index contributed by atoms with van der Waals surface area (Å²) < 4.78 is 10.6. The van der Waals surface area contributed by atoms with E-state index in [1.807, 2.05) is 18.2 Å². The molecule has 7 heteroatoms. The lowest BCUT2D eigenvalue weighted by Crippen LogP contribution is -2.24. The fraction of sp³-hybridized carbons (Fsp3) is 0.526. The first kappa shape index (κ1) is 18.2. The second-order valence-corrected chi connectivity index (χ2v) is 6.51. The Kier molecular flexibility index (Phi) is 6.46. The molecule has 1 aromatic carbocycles. The fourth-order valence-electron chi connectivity index (χ4n) is 3.25. The van der Waals surface area contributed by atoms with E-state index in [1.165, 1.54) is 32.1 Å². The van der Waals surface area contributed by atoms with Crippen LogP contribution in [0.25, 0.3) is 0 Å². The number of rotatable bonds is 8. The van der Waals surface area contributed by atoms with Crippen LogP contribution >= 0.6 is 0 Å². The first-order chi connectivity index (χ1) is 12.8. The lowest BCUT2D eigenvalue weighted by Gasteiger charge is -2.22. The Balaban J connectivity index is 1.52. The number of hydrogen-bond donors (Lipinski definition) is 2. The number of hydrogen-bond acceptors (Lipinski definition) is 7. The quantitative estimate of drug-likeness (QED) is 0.750. The van der Waals surface area contributed by atoms with Crippen molar-refractivity contribution in [3.8, 4) is 11.5 Å². The number of anilines is 2. The van der Waals surface area contributed by atoms with Gasteiger partial charge in [0.15, 0.2) is 17.3 Å². The maximum absolute atomic E-state index is 5.35. The van der Waals surface area contributed by atoms with Crippen molar-refractivity contribution in [2.75, 3.05) is 31.4 Å². The average molecular weight is 357 g/mol. The van der Waals surface area contributed by atoms with Crippen LogP contribution in [-0.2, 0) is 6.42 Å². The highest BCUT2D eigenvalue weighted by atomic mass is 16.5. The average Bonchev–Trinajstić information content (AvgIpc) is 2.69.